The number of benzene rings is 1. The third-order valence-corrected chi connectivity index (χ3v) is 5.77. The van der Waals surface area contributed by atoms with Crippen LogP contribution in [0.5, 0.6) is 0 Å². The van der Waals surface area contributed by atoms with E-state index in [-0.39, 0.29) is 24.3 Å². The fourth-order valence-electron chi connectivity index (χ4n) is 2.92. The molecule has 124 valence electrons. The number of amides is 2. The predicted octanol–water partition coefficient (Wildman–Crippen LogP) is 2.26. The van der Waals surface area contributed by atoms with Crippen LogP contribution in [-0.2, 0) is 9.59 Å². The summed E-state index contributed by atoms with van der Waals surface area (Å²) in [6.07, 6.45) is 1.12. The normalized spacial score (nSPS) is 27.0. The minimum atomic E-state index is -0.402. The van der Waals surface area contributed by atoms with Crippen molar-refractivity contribution in [3.63, 3.8) is 0 Å². The fourth-order valence-corrected chi connectivity index (χ4v) is 4.18. The van der Waals surface area contributed by atoms with Crippen LogP contribution in [-0.4, -0.2) is 36.2 Å². The summed E-state index contributed by atoms with van der Waals surface area (Å²) < 4.78 is 0. The first-order valence-electron chi connectivity index (χ1n) is 7.80. The lowest BCUT2D eigenvalue weighted by Crippen LogP contribution is -2.49. The highest BCUT2D eigenvalue weighted by molar-refractivity contribution is 8.01. The lowest BCUT2D eigenvalue weighted by Gasteiger charge is -2.31. The molecule has 1 fully saturated rings. The largest absolute Gasteiger partial charge is 0.353 e. The van der Waals surface area contributed by atoms with Gasteiger partial charge >= 0.3 is 0 Å². The molecule has 1 aromatic rings. The van der Waals surface area contributed by atoms with Gasteiger partial charge in [0, 0.05) is 22.4 Å². The maximum absolute atomic E-state index is 12.3. The molecule has 3 N–H and O–H groups in total. The average Bonchev–Trinajstić information content (AvgIpc) is 2.50. The van der Waals surface area contributed by atoms with Gasteiger partial charge in [0.15, 0.2) is 0 Å². The molecule has 0 saturated carbocycles. The average molecular weight is 354 g/mol. The molecule has 7 heteroatoms. The first kappa shape index (κ1) is 16.6. The summed E-state index contributed by atoms with van der Waals surface area (Å²) in [7, 11) is 0. The van der Waals surface area contributed by atoms with Gasteiger partial charge in [-0.2, -0.15) is 0 Å². The Kier molecular flexibility index (Phi) is 5.14. The second-order valence-electron chi connectivity index (χ2n) is 6.08. The maximum atomic E-state index is 12.3. The van der Waals surface area contributed by atoms with Gasteiger partial charge in [0.05, 0.1) is 10.9 Å². The molecule has 2 amide bonds. The Hall–Kier alpha value is -1.24. The lowest BCUT2D eigenvalue weighted by atomic mass is 9.95. The number of nitrogens with one attached hydrogen (secondary N) is 3. The number of hydrogen-bond acceptors (Lipinski definition) is 4. The molecule has 2 aliphatic heterocycles. The number of anilines is 1. The van der Waals surface area contributed by atoms with Crippen LogP contribution in [0.15, 0.2) is 23.1 Å². The number of halogens is 1. The molecule has 0 aliphatic carbocycles. The van der Waals surface area contributed by atoms with Crippen LogP contribution in [0.25, 0.3) is 0 Å². The van der Waals surface area contributed by atoms with Crippen molar-refractivity contribution in [1.29, 1.82) is 0 Å². The standard InChI is InChI=1S/C16H20ClN3O2S/c1-9-8-18-5-4-11(9)19-15(21)7-14-16(22)20-12-6-10(17)2-3-13(12)23-14/h2-3,6,9,11,14,18H,4-5,7-8H2,1H3,(H,19,21)(H,20,22). The Morgan fingerprint density at radius 2 is 2.30 bits per heavy atom. The predicted molar refractivity (Wildman–Crippen MR) is 92.9 cm³/mol. The zero-order chi connectivity index (χ0) is 16.4. The van der Waals surface area contributed by atoms with Gasteiger partial charge in [0.25, 0.3) is 0 Å². The second kappa shape index (κ2) is 7.11. The Bertz CT molecular complexity index is 625. The zero-order valence-electron chi connectivity index (χ0n) is 12.9. The minimum Gasteiger partial charge on any atom is -0.353 e. The molecule has 1 aromatic carbocycles. The molecule has 3 atom stereocenters. The monoisotopic (exact) mass is 353 g/mol. The van der Waals surface area contributed by atoms with E-state index in [1.807, 2.05) is 6.07 Å². The number of piperidine rings is 1. The summed E-state index contributed by atoms with van der Waals surface area (Å²) in [5.74, 6) is 0.204. The SMILES string of the molecule is CC1CNCCC1NC(=O)CC1Sc2ccc(Cl)cc2NC1=O. The van der Waals surface area contributed by atoms with E-state index in [0.29, 0.717) is 10.9 Å². The molecule has 0 radical (unpaired) electrons. The molecule has 23 heavy (non-hydrogen) atoms. The van der Waals surface area contributed by atoms with Crippen molar-refractivity contribution in [2.24, 2.45) is 5.92 Å². The summed E-state index contributed by atoms with van der Waals surface area (Å²) in [4.78, 5) is 25.4. The van der Waals surface area contributed by atoms with Gasteiger partial charge in [0.2, 0.25) is 11.8 Å². The van der Waals surface area contributed by atoms with Crippen LogP contribution < -0.4 is 16.0 Å². The minimum absolute atomic E-state index is 0.0613. The molecule has 0 spiro atoms. The second-order valence-corrected chi connectivity index (χ2v) is 7.77. The van der Waals surface area contributed by atoms with Crippen molar-refractivity contribution >= 4 is 40.9 Å². The molecule has 0 bridgehead atoms. The van der Waals surface area contributed by atoms with E-state index in [2.05, 4.69) is 22.9 Å². The van der Waals surface area contributed by atoms with E-state index in [4.69, 9.17) is 11.6 Å². The zero-order valence-corrected chi connectivity index (χ0v) is 14.5. The topological polar surface area (TPSA) is 70.2 Å². The van der Waals surface area contributed by atoms with Gasteiger partial charge in [-0.05, 0) is 43.6 Å². The van der Waals surface area contributed by atoms with Gasteiger partial charge < -0.3 is 16.0 Å². The van der Waals surface area contributed by atoms with Crippen molar-refractivity contribution in [3.8, 4) is 0 Å². The molecule has 3 unspecified atom stereocenters. The molecule has 0 aromatic heterocycles. The smallest absolute Gasteiger partial charge is 0.238 e. The molecule has 5 nitrogen and oxygen atoms in total. The summed E-state index contributed by atoms with van der Waals surface area (Å²) in [5.41, 5.74) is 0.719. The van der Waals surface area contributed by atoms with Gasteiger partial charge in [-0.3, -0.25) is 9.59 Å². The number of rotatable bonds is 3. The van der Waals surface area contributed by atoms with Crippen LogP contribution in [0.1, 0.15) is 19.8 Å². The Morgan fingerprint density at radius 1 is 1.48 bits per heavy atom. The van der Waals surface area contributed by atoms with Gasteiger partial charge in [0.1, 0.15) is 0 Å². The number of carbonyl (C=O) groups is 2. The molecular formula is C16H20ClN3O2S. The number of carbonyl (C=O) groups excluding carboxylic acids is 2. The van der Waals surface area contributed by atoms with E-state index < -0.39 is 5.25 Å². The van der Waals surface area contributed by atoms with Gasteiger partial charge in [-0.25, -0.2) is 0 Å². The number of fused-ring (bicyclic) bond motifs is 1. The third kappa shape index (κ3) is 4.00. The summed E-state index contributed by atoms with van der Waals surface area (Å²) in [5, 5.41) is 9.40. The van der Waals surface area contributed by atoms with Crippen molar-refractivity contribution < 1.29 is 9.59 Å². The first-order chi connectivity index (χ1) is 11.0. The highest BCUT2D eigenvalue weighted by Crippen LogP contribution is 2.38. The Labute approximate surface area is 144 Å². The fraction of sp³-hybridized carbons (Fsp3) is 0.500. The van der Waals surface area contributed by atoms with E-state index in [1.165, 1.54) is 11.8 Å². The van der Waals surface area contributed by atoms with Crippen LogP contribution >= 0.6 is 23.4 Å². The summed E-state index contributed by atoms with van der Waals surface area (Å²) >= 11 is 7.36. The quantitative estimate of drug-likeness (QED) is 0.779. The molecular weight excluding hydrogens is 334 g/mol. The maximum Gasteiger partial charge on any atom is 0.238 e. The van der Waals surface area contributed by atoms with Crippen molar-refractivity contribution in [2.75, 3.05) is 18.4 Å². The van der Waals surface area contributed by atoms with Gasteiger partial charge in [-0.1, -0.05) is 18.5 Å². The molecule has 2 heterocycles. The van der Waals surface area contributed by atoms with E-state index >= 15 is 0 Å². The van der Waals surface area contributed by atoms with Crippen LogP contribution in [0.2, 0.25) is 5.02 Å². The highest BCUT2D eigenvalue weighted by Gasteiger charge is 2.30. The van der Waals surface area contributed by atoms with Crippen LogP contribution in [0.3, 0.4) is 0 Å². The Morgan fingerprint density at radius 3 is 3.09 bits per heavy atom. The molecule has 1 saturated heterocycles. The van der Waals surface area contributed by atoms with E-state index in [0.717, 1.165) is 30.1 Å². The highest BCUT2D eigenvalue weighted by atomic mass is 35.5. The van der Waals surface area contributed by atoms with Crippen LogP contribution in [0, 0.1) is 5.92 Å². The van der Waals surface area contributed by atoms with E-state index in [1.54, 1.807) is 12.1 Å². The Balaban J connectivity index is 1.60. The van der Waals surface area contributed by atoms with Gasteiger partial charge in [-0.15, -0.1) is 11.8 Å². The molecule has 3 rings (SSSR count). The van der Waals surface area contributed by atoms with Crippen molar-refractivity contribution in [1.82, 2.24) is 10.6 Å². The summed E-state index contributed by atoms with van der Waals surface area (Å²) in [6.45, 7) is 3.96. The summed E-state index contributed by atoms with van der Waals surface area (Å²) in [6, 6.07) is 5.58. The first-order valence-corrected chi connectivity index (χ1v) is 9.06. The molecule has 2 aliphatic rings. The third-order valence-electron chi connectivity index (χ3n) is 4.26. The van der Waals surface area contributed by atoms with Crippen molar-refractivity contribution in [3.05, 3.63) is 23.2 Å². The lowest BCUT2D eigenvalue weighted by molar-refractivity contribution is -0.125. The van der Waals surface area contributed by atoms with E-state index in [9.17, 15) is 9.59 Å². The van der Waals surface area contributed by atoms with Crippen molar-refractivity contribution in [2.45, 2.75) is 36.0 Å². The van der Waals surface area contributed by atoms with Crippen LogP contribution in [0.4, 0.5) is 5.69 Å². The number of hydrogen-bond donors (Lipinski definition) is 3. The number of thioether (sulfide) groups is 1.